The fraction of sp³-hybridized carbons (Fsp3) is 0.455. The molecule has 3 rings (SSSR count). The molecule has 3 heterocycles. The number of thiophene rings is 1. The Morgan fingerprint density at radius 2 is 2.13 bits per heavy atom. The standard InChI is InChI=1S/C11H9ClF3N3O3S2/c12-7-1-2-8(22-7)23(19,20)18-4-3-6(5-18)9-16-10(21-17-9)11(13,14)15/h1-2,6H,3-5H2. The monoisotopic (exact) mass is 387 g/mol. The highest BCUT2D eigenvalue weighted by Gasteiger charge is 2.41. The van der Waals surface area contributed by atoms with Crippen molar-refractivity contribution in [3.05, 3.63) is 28.2 Å². The highest BCUT2D eigenvalue weighted by molar-refractivity contribution is 7.91. The number of alkyl halides is 3. The van der Waals surface area contributed by atoms with Crippen LogP contribution in [0.3, 0.4) is 0 Å². The first-order chi connectivity index (χ1) is 10.7. The molecule has 1 fully saturated rings. The summed E-state index contributed by atoms with van der Waals surface area (Å²) in [5.74, 6) is -2.11. The van der Waals surface area contributed by atoms with E-state index in [2.05, 4.69) is 14.7 Å². The van der Waals surface area contributed by atoms with Crippen molar-refractivity contribution in [3.63, 3.8) is 0 Å². The molecular weight excluding hydrogens is 379 g/mol. The summed E-state index contributed by atoms with van der Waals surface area (Å²) in [6.07, 6.45) is -4.40. The molecule has 0 N–H and O–H groups in total. The maximum Gasteiger partial charge on any atom is 0.471 e. The van der Waals surface area contributed by atoms with Crippen LogP contribution < -0.4 is 0 Å². The fourth-order valence-corrected chi connectivity index (χ4v) is 5.37. The number of sulfonamides is 1. The van der Waals surface area contributed by atoms with Crippen molar-refractivity contribution in [2.24, 2.45) is 0 Å². The second kappa shape index (κ2) is 5.72. The van der Waals surface area contributed by atoms with Crippen LogP contribution in [-0.4, -0.2) is 36.0 Å². The first-order valence-electron chi connectivity index (χ1n) is 6.34. The van der Waals surface area contributed by atoms with Crippen molar-refractivity contribution in [1.82, 2.24) is 14.4 Å². The van der Waals surface area contributed by atoms with E-state index in [9.17, 15) is 21.6 Å². The summed E-state index contributed by atoms with van der Waals surface area (Å²) < 4.78 is 68.0. The molecule has 0 amide bonds. The molecule has 1 aliphatic rings. The van der Waals surface area contributed by atoms with Crippen LogP contribution in [0, 0.1) is 0 Å². The lowest BCUT2D eigenvalue weighted by atomic mass is 10.1. The lowest BCUT2D eigenvalue weighted by Crippen LogP contribution is -2.28. The third kappa shape index (κ3) is 3.23. The second-order valence-corrected chi connectivity index (χ2v) is 8.74. The van der Waals surface area contributed by atoms with Crippen LogP contribution in [0.1, 0.15) is 24.1 Å². The average Bonchev–Trinajstić information content (AvgIpc) is 3.17. The Hall–Kier alpha value is -1.17. The van der Waals surface area contributed by atoms with E-state index in [-0.39, 0.29) is 23.1 Å². The number of hydrogen-bond donors (Lipinski definition) is 0. The third-order valence-corrected chi connectivity index (χ3v) is 6.91. The minimum absolute atomic E-state index is 0.00527. The molecule has 0 aromatic carbocycles. The summed E-state index contributed by atoms with van der Waals surface area (Å²) in [6, 6.07) is 2.87. The van der Waals surface area contributed by atoms with Crippen LogP contribution in [0.5, 0.6) is 0 Å². The van der Waals surface area contributed by atoms with E-state index in [0.717, 1.165) is 11.3 Å². The van der Waals surface area contributed by atoms with Crippen molar-refractivity contribution in [3.8, 4) is 0 Å². The molecule has 0 saturated carbocycles. The average molecular weight is 388 g/mol. The first kappa shape index (κ1) is 16.7. The van der Waals surface area contributed by atoms with Crippen LogP contribution >= 0.6 is 22.9 Å². The summed E-state index contributed by atoms with van der Waals surface area (Å²) in [7, 11) is -3.72. The molecule has 0 radical (unpaired) electrons. The second-order valence-electron chi connectivity index (χ2n) is 4.86. The molecule has 2 aromatic heterocycles. The van der Waals surface area contributed by atoms with Gasteiger partial charge in [0.05, 0.1) is 4.34 Å². The minimum Gasteiger partial charge on any atom is -0.329 e. The van der Waals surface area contributed by atoms with Gasteiger partial charge in [0.15, 0.2) is 5.82 Å². The number of aromatic nitrogens is 2. The van der Waals surface area contributed by atoms with Gasteiger partial charge in [-0.3, -0.25) is 0 Å². The SMILES string of the molecule is O=S(=O)(c1ccc(Cl)s1)N1CCC(c2noc(C(F)(F)F)n2)C1. The van der Waals surface area contributed by atoms with Crippen molar-refractivity contribution in [1.29, 1.82) is 0 Å². The third-order valence-electron chi connectivity index (χ3n) is 3.34. The summed E-state index contributed by atoms with van der Waals surface area (Å²) in [4.78, 5) is 3.31. The van der Waals surface area contributed by atoms with Crippen LogP contribution in [0.15, 0.2) is 20.9 Å². The van der Waals surface area contributed by atoms with Gasteiger partial charge in [-0.2, -0.15) is 22.5 Å². The van der Waals surface area contributed by atoms with E-state index in [1.807, 2.05) is 0 Å². The summed E-state index contributed by atoms with van der Waals surface area (Å²) in [6.45, 7) is 0.160. The number of hydrogen-bond acceptors (Lipinski definition) is 6. The van der Waals surface area contributed by atoms with E-state index >= 15 is 0 Å². The van der Waals surface area contributed by atoms with Gasteiger partial charge in [-0.05, 0) is 18.6 Å². The van der Waals surface area contributed by atoms with Gasteiger partial charge in [0.2, 0.25) is 0 Å². The summed E-state index contributed by atoms with van der Waals surface area (Å²) >= 11 is 6.66. The van der Waals surface area contributed by atoms with Gasteiger partial charge in [-0.15, -0.1) is 11.3 Å². The molecule has 6 nitrogen and oxygen atoms in total. The molecule has 12 heteroatoms. The van der Waals surface area contributed by atoms with Gasteiger partial charge in [0.25, 0.3) is 10.0 Å². The summed E-state index contributed by atoms with van der Waals surface area (Å²) in [5, 5.41) is 3.31. The smallest absolute Gasteiger partial charge is 0.329 e. The molecule has 1 saturated heterocycles. The Morgan fingerprint density at radius 3 is 2.70 bits per heavy atom. The molecule has 2 aromatic rings. The maximum atomic E-state index is 12.5. The predicted molar refractivity (Wildman–Crippen MR) is 74.7 cm³/mol. The van der Waals surface area contributed by atoms with Gasteiger partial charge in [0.1, 0.15) is 4.21 Å². The van der Waals surface area contributed by atoms with Gasteiger partial charge in [-0.25, -0.2) is 8.42 Å². The molecule has 1 unspecified atom stereocenters. The fourth-order valence-electron chi connectivity index (χ4n) is 2.24. The van der Waals surface area contributed by atoms with Crippen LogP contribution in [-0.2, 0) is 16.2 Å². The summed E-state index contributed by atoms with van der Waals surface area (Å²) in [5.41, 5.74) is 0. The normalized spacial score (nSPS) is 20.3. The van der Waals surface area contributed by atoms with E-state index in [4.69, 9.17) is 11.6 Å². The predicted octanol–water partition coefficient (Wildman–Crippen LogP) is 2.98. The molecule has 126 valence electrons. The van der Waals surface area contributed by atoms with Crippen LogP contribution in [0.25, 0.3) is 0 Å². The molecule has 0 spiro atoms. The highest BCUT2D eigenvalue weighted by Crippen LogP contribution is 2.35. The first-order valence-corrected chi connectivity index (χ1v) is 8.97. The van der Waals surface area contributed by atoms with Crippen molar-refractivity contribution >= 4 is 33.0 Å². The van der Waals surface area contributed by atoms with E-state index in [1.165, 1.54) is 16.4 Å². The zero-order chi connectivity index (χ0) is 16.8. The van der Waals surface area contributed by atoms with Crippen molar-refractivity contribution in [2.45, 2.75) is 22.7 Å². The molecule has 1 atom stereocenters. The number of rotatable bonds is 3. The molecule has 0 bridgehead atoms. The number of nitrogens with zero attached hydrogens (tertiary/aromatic N) is 3. The minimum atomic E-state index is -4.72. The van der Waals surface area contributed by atoms with Gasteiger partial charge < -0.3 is 4.52 Å². The van der Waals surface area contributed by atoms with Gasteiger partial charge in [-0.1, -0.05) is 16.8 Å². The van der Waals surface area contributed by atoms with Gasteiger partial charge in [0, 0.05) is 19.0 Å². The quantitative estimate of drug-likeness (QED) is 0.809. The molecule has 23 heavy (non-hydrogen) atoms. The van der Waals surface area contributed by atoms with E-state index in [0.29, 0.717) is 10.8 Å². The van der Waals surface area contributed by atoms with Crippen LogP contribution in [0.2, 0.25) is 4.34 Å². The van der Waals surface area contributed by atoms with E-state index < -0.39 is 28.0 Å². The Morgan fingerprint density at radius 1 is 1.39 bits per heavy atom. The number of halogens is 4. The zero-order valence-electron chi connectivity index (χ0n) is 11.2. The van der Waals surface area contributed by atoms with E-state index in [1.54, 1.807) is 0 Å². The molecule has 1 aliphatic heterocycles. The lowest BCUT2D eigenvalue weighted by molar-refractivity contribution is -0.159. The Labute approximate surface area is 137 Å². The molecular formula is C11H9ClF3N3O3S2. The topological polar surface area (TPSA) is 76.3 Å². The zero-order valence-corrected chi connectivity index (χ0v) is 13.6. The largest absolute Gasteiger partial charge is 0.471 e. The Kier molecular flexibility index (Phi) is 4.15. The van der Waals surface area contributed by atoms with Crippen molar-refractivity contribution < 1.29 is 26.1 Å². The van der Waals surface area contributed by atoms with Crippen molar-refractivity contribution in [2.75, 3.05) is 13.1 Å². The highest BCUT2D eigenvalue weighted by atomic mass is 35.5. The Bertz CT molecular complexity index is 818. The lowest BCUT2D eigenvalue weighted by Gasteiger charge is -2.14. The Balaban J connectivity index is 1.77. The maximum absolute atomic E-state index is 12.5. The van der Waals surface area contributed by atoms with Gasteiger partial charge >= 0.3 is 12.1 Å². The molecule has 0 aliphatic carbocycles. The van der Waals surface area contributed by atoms with Crippen LogP contribution in [0.4, 0.5) is 13.2 Å².